The first kappa shape index (κ1) is 11.7. The zero-order valence-electron chi connectivity index (χ0n) is 9.38. The molecule has 1 heteroatoms. The Morgan fingerprint density at radius 2 is 1.80 bits per heavy atom. The predicted octanol–water partition coefficient (Wildman–Crippen LogP) is 3.60. The maximum Gasteiger partial charge on any atom is 0.169 e. The van der Waals surface area contributed by atoms with Crippen LogP contribution in [0.4, 0.5) is 0 Å². The van der Waals surface area contributed by atoms with Gasteiger partial charge in [0.15, 0.2) is 5.78 Å². The first-order valence-corrected chi connectivity index (χ1v) is 5.29. The number of carbonyl (C=O) groups excluding carboxylic acids is 1. The maximum atomic E-state index is 12.1. The van der Waals surface area contributed by atoms with Crippen LogP contribution < -0.4 is 0 Å². The Labute approximate surface area is 91.9 Å². The second kappa shape index (κ2) is 4.92. The lowest BCUT2D eigenvalue weighted by molar-refractivity contribution is -0.116. The summed E-state index contributed by atoms with van der Waals surface area (Å²) in [6.07, 6.45) is 6.22. The van der Waals surface area contributed by atoms with Crippen molar-refractivity contribution >= 4 is 5.78 Å². The lowest BCUT2D eigenvalue weighted by Crippen LogP contribution is -2.12. The van der Waals surface area contributed by atoms with Gasteiger partial charge in [-0.1, -0.05) is 24.3 Å². The van der Waals surface area contributed by atoms with Gasteiger partial charge >= 0.3 is 0 Å². The van der Waals surface area contributed by atoms with E-state index < -0.39 is 0 Å². The van der Waals surface area contributed by atoms with E-state index in [1.54, 1.807) is 12.2 Å². The van der Waals surface area contributed by atoms with Gasteiger partial charge < -0.3 is 0 Å². The molecule has 0 saturated carbocycles. The molecule has 80 valence electrons. The van der Waals surface area contributed by atoms with Crippen LogP contribution in [-0.4, -0.2) is 5.78 Å². The summed E-state index contributed by atoms with van der Waals surface area (Å²) in [6, 6.07) is 0. The molecular formula is C14H18O. The van der Waals surface area contributed by atoms with E-state index in [0.717, 1.165) is 36.0 Å². The lowest BCUT2D eigenvalue weighted by Gasteiger charge is -2.09. The van der Waals surface area contributed by atoms with Crippen LogP contribution in [0.15, 0.2) is 48.6 Å². The Hall–Kier alpha value is -1.37. The van der Waals surface area contributed by atoms with Crippen molar-refractivity contribution in [2.24, 2.45) is 5.92 Å². The van der Waals surface area contributed by atoms with Crippen molar-refractivity contribution in [3.8, 4) is 0 Å². The zero-order chi connectivity index (χ0) is 11.4. The van der Waals surface area contributed by atoms with Gasteiger partial charge in [0.1, 0.15) is 0 Å². The van der Waals surface area contributed by atoms with Gasteiger partial charge in [-0.15, -0.1) is 13.2 Å². The summed E-state index contributed by atoms with van der Waals surface area (Å²) in [4.78, 5) is 12.1. The molecule has 0 aromatic rings. The quantitative estimate of drug-likeness (QED) is 0.622. The van der Waals surface area contributed by atoms with E-state index in [1.165, 1.54) is 0 Å². The lowest BCUT2D eigenvalue weighted by atomic mass is 9.93. The molecule has 0 aliphatic heterocycles. The highest BCUT2D eigenvalue weighted by Crippen LogP contribution is 2.32. The molecule has 1 nitrogen and oxygen atoms in total. The third-order valence-electron chi connectivity index (χ3n) is 2.84. The number of Topliss-reactive ketones (excluding diaryl/α,β-unsaturated/α-hetero) is 1. The highest BCUT2D eigenvalue weighted by Gasteiger charge is 2.24. The normalized spacial score (nSPS) is 15.6. The van der Waals surface area contributed by atoms with E-state index in [1.807, 2.05) is 6.92 Å². The fraction of sp³-hybridized carbons (Fsp3) is 0.357. The van der Waals surface area contributed by atoms with E-state index in [-0.39, 0.29) is 11.7 Å². The van der Waals surface area contributed by atoms with E-state index in [0.29, 0.717) is 0 Å². The Morgan fingerprint density at radius 3 is 2.27 bits per heavy atom. The van der Waals surface area contributed by atoms with Crippen LogP contribution in [-0.2, 0) is 4.79 Å². The fourth-order valence-corrected chi connectivity index (χ4v) is 2.00. The highest BCUT2D eigenvalue weighted by atomic mass is 16.1. The molecule has 0 spiro atoms. The smallest absolute Gasteiger partial charge is 0.169 e. The summed E-state index contributed by atoms with van der Waals surface area (Å²) in [5, 5.41) is 0. The van der Waals surface area contributed by atoms with Crippen molar-refractivity contribution in [1.82, 2.24) is 0 Å². The van der Waals surface area contributed by atoms with E-state index in [2.05, 4.69) is 19.7 Å². The largest absolute Gasteiger partial charge is 0.294 e. The van der Waals surface area contributed by atoms with Gasteiger partial charge in [0.05, 0.1) is 5.92 Å². The van der Waals surface area contributed by atoms with Gasteiger partial charge in [-0.3, -0.25) is 4.79 Å². The number of hydrogen-bond acceptors (Lipinski definition) is 1. The van der Waals surface area contributed by atoms with Crippen molar-refractivity contribution in [2.45, 2.75) is 26.2 Å². The molecule has 0 aromatic heterocycles. The molecular weight excluding hydrogens is 184 g/mol. The molecule has 1 aliphatic carbocycles. The molecule has 0 radical (unpaired) electrons. The van der Waals surface area contributed by atoms with E-state index in [4.69, 9.17) is 0 Å². The van der Waals surface area contributed by atoms with Crippen LogP contribution in [0.25, 0.3) is 0 Å². The van der Waals surface area contributed by atoms with Crippen LogP contribution in [0.2, 0.25) is 0 Å². The number of hydrogen-bond donors (Lipinski definition) is 0. The fourth-order valence-electron chi connectivity index (χ4n) is 2.00. The molecule has 0 saturated heterocycles. The number of carbonyl (C=O) groups is 1. The molecule has 0 unspecified atom stereocenters. The van der Waals surface area contributed by atoms with Crippen LogP contribution in [0.5, 0.6) is 0 Å². The number of ketones is 1. The summed E-state index contributed by atoms with van der Waals surface area (Å²) in [6.45, 7) is 13.2. The van der Waals surface area contributed by atoms with Crippen molar-refractivity contribution < 1.29 is 4.79 Å². The molecule has 0 heterocycles. The minimum Gasteiger partial charge on any atom is -0.294 e. The van der Waals surface area contributed by atoms with Gasteiger partial charge in [-0.2, -0.15) is 0 Å². The Morgan fingerprint density at radius 1 is 1.27 bits per heavy atom. The minimum absolute atomic E-state index is 0.149. The third kappa shape index (κ3) is 2.35. The first-order chi connectivity index (χ1) is 7.11. The Balaban J connectivity index is 3.00. The molecule has 0 N–H and O–H groups in total. The summed E-state index contributed by atoms with van der Waals surface area (Å²) < 4.78 is 0. The SMILES string of the molecule is C=CC(C=C)C(=O)C1=C(C(=C)C)CCC1. The van der Waals surface area contributed by atoms with Crippen molar-refractivity contribution in [3.05, 3.63) is 48.6 Å². The van der Waals surface area contributed by atoms with Gasteiger partial charge in [0.25, 0.3) is 0 Å². The number of rotatable bonds is 5. The van der Waals surface area contributed by atoms with Gasteiger partial charge in [-0.05, 0) is 37.3 Å². The standard InChI is InChI=1S/C14H18O/c1-5-11(6-2)14(15)13-9-7-8-12(13)10(3)4/h5-6,11H,1-3,7-9H2,4H3. The molecule has 0 aromatic carbocycles. The minimum atomic E-state index is -0.243. The third-order valence-corrected chi connectivity index (χ3v) is 2.84. The van der Waals surface area contributed by atoms with E-state index in [9.17, 15) is 4.79 Å². The molecule has 1 aliphatic rings. The summed E-state index contributed by atoms with van der Waals surface area (Å²) >= 11 is 0. The highest BCUT2D eigenvalue weighted by molar-refractivity contribution is 6.01. The molecule has 0 fully saturated rings. The maximum absolute atomic E-state index is 12.1. The monoisotopic (exact) mass is 202 g/mol. The average Bonchev–Trinajstić information content (AvgIpc) is 2.67. The molecule has 0 amide bonds. The van der Waals surface area contributed by atoms with Crippen LogP contribution in [0.1, 0.15) is 26.2 Å². The zero-order valence-corrected chi connectivity index (χ0v) is 9.38. The van der Waals surface area contributed by atoms with Gasteiger partial charge in [0.2, 0.25) is 0 Å². The second-order valence-corrected chi connectivity index (χ2v) is 3.95. The summed E-state index contributed by atoms with van der Waals surface area (Å²) in [7, 11) is 0. The first-order valence-electron chi connectivity index (χ1n) is 5.29. The molecule has 0 bridgehead atoms. The summed E-state index contributed by atoms with van der Waals surface area (Å²) in [5.41, 5.74) is 3.10. The average molecular weight is 202 g/mol. The van der Waals surface area contributed by atoms with Crippen LogP contribution in [0.3, 0.4) is 0 Å². The number of allylic oxidation sites excluding steroid dienone is 5. The van der Waals surface area contributed by atoms with Gasteiger partial charge in [-0.25, -0.2) is 0 Å². The second-order valence-electron chi connectivity index (χ2n) is 3.95. The van der Waals surface area contributed by atoms with Crippen molar-refractivity contribution in [2.75, 3.05) is 0 Å². The topological polar surface area (TPSA) is 17.1 Å². The molecule has 0 atom stereocenters. The van der Waals surface area contributed by atoms with Crippen LogP contribution >= 0.6 is 0 Å². The summed E-state index contributed by atoms with van der Waals surface area (Å²) in [5.74, 6) is -0.0945. The molecule has 1 rings (SSSR count). The van der Waals surface area contributed by atoms with Gasteiger partial charge in [0, 0.05) is 0 Å². The predicted molar refractivity (Wildman–Crippen MR) is 64.6 cm³/mol. The van der Waals surface area contributed by atoms with Crippen molar-refractivity contribution in [3.63, 3.8) is 0 Å². The van der Waals surface area contributed by atoms with Crippen LogP contribution in [0, 0.1) is 5.92 Å². The van der Waals surface area contributed by atoms with E-state index >= 15 is 0 Å². The van der Waals surface area contributed by atoms with Crippen molar-refractivity contribution in [1.29, 1.82) is 0 Å². The Bertz CT molecular complexity index is 336. The molecule has 15 heavy (non-hydrogen) atoms. The Kier molecular flexibility index (Phi) is 3.84.